The van der Waals surface area contributed by atoms with Crippen LogP contribution in [0, 0.1) is 5.92 Å². The van der Waals surface area contributed by atoms with Crippen LogP contribution in [0.4, 0.5) is 0 Å². The van der Waals surface area contributed by atoms with Crippen LogP contribution in [-0.4, -0.2) is 11.8 Å². The van der Waals surface area contributed by atoms with Gasteiger partial charge in [0.05, 0.1) is 0 Å². The fourth-order valence-corrected chi connectivity index (χ4v) is 3.03. The van der Waals surface area contributed by atoms with Crippen molar-refractivity contribution in [1.29, 1.82) is 0 Å². The van der Waals surface area contributed by atoms with E-state index in [2.05, 4.69) is 60.7 Å². The van der Waals surface area contributed by atoms with Gasteiger partial charge in [0.2, 0.25) is 0 Å². The standard InChI is InChI=1S/C26H26O3/c1-19(20(2)27)26(28)29-18-23-12-10-21(11-13-23)8-9-22-14-16-25(17-15-22)24-6-4-3-5-7-24/h3-7,10-17,19H,8-9,18H2,1-2H3. The quantitative estimate of drug-likeness (QED) is 0.384. The number of aryl methyl sites for hydroxylation is 2. The Hall–Kier alpha value is -3.20. The first-order valence-electron chi connectivity index (χ1n) is 9.92. The van der Waals surface area contributed by atoms with Gasteiger partial charge in [0, 0.05) is 0 Å². The van der Waals surface area contributed by atoms with Crippen molar-refractivity contribution in [2.45, 2.75) is 33.3 Å². The molecule has 0 amide bonds. The van der Waals surface area contributed by atoms with Gasteiger partial charge in [-0.05, 0) is 54.5 Å². The first kappa shape index (κ1) is 20.5. The van der Waals surface area contributed by atoms with E-state index in [4.69, 9.17) is 4.74 Å². The molecule has 0 saturated heterocycles. The molecule has 0 bridgehead atoms. The van der Waals surface area contributed by atoms with E-state index in [0.717, 1.165) is 18.4 Å². The number of esters is 1. The van der Waals surface area contributed by atoms with Gasteiger partial charge in [-0.3, -0.25) is 9.59 Å². The molecule has 1 unspecified atom stereocenters. The molecule has 0 fully saturated rings. The summed E-state index contributed by atoms with van der Waals surface area (Å²) in [5.41, 5.74) is 5.93. The number of Topliss-reactive ketones (excluding diaryl/α,β-unsaturated/α-hetero) is 1. The van der Waals surface area contributed by atoms with Gasteiger partial charge < -0.3 is 4.74 Å². The Morgan fingerprint density at radius 3 is 1.76 bits per heavy atom. The van der Waals surface area contributed by atoms with E-state index in [1.54, 1.807) is 6.92 Å². The lowest BCUT2D eigenvalue weighted by molar-refractivity contribution is -0.152. The number of carbonyl (C=O) groups is 2. The van der Waals surface area contributed by atoms with Gasteiger partial charge in [-0.1, -0.05) is 78.9 Å². The molecule has 0 N–H and O–H groups in total. The largest absolute Gasteiger partial charge is 0.460 e. The summed E-state index contributed by atoms with van der Waals surface area (Å²) >= 11 is 0. The summed E-state index contributed by atoms with van der Waals surface area (Å²) in [7, 11) is 0. The van der Waals surface area contributed by atoms with E-state index in [1.165, 1.54) is 29.2 Å². The molecule has 0 aromatic heterocycles. The van der Waals surface area contributed by atoms with Crippen molar-refractivity contribution in [2.24, 2.45) is 5.92 Å². The maximum atomic E-state index is 11.8. The number of hydrogen-bond acceptors (Lipinski definition) is 3. The Balaban J connectivity index is 1.50. The Bertz CT molecular complexity index is 942. The predicted molar refractivity (Wildman–Crippen MR) is 115 cm³/mol. The van der Waals surface area contributed by atoms with Gasteiger partial charge in [0.15, 0.2) is 0 Å². The molecule has 0 radical (unpaired) electrons. The third kappa shape index (κ3) is 5.89. The zero-order valence-electron chi connectivity index (χ0n) is 16.9. The lowest BCUT2D eigenvalue weighted by Crippen LogP contribution is -2.20. The molecule has 29 heavy (non-hydrogen) atoms. The number of benzene rings is 3. The number of rotatable bonds is 8. The second kappa shape index (κ2) is 9.83. The highest BCUT2D eigenvalue weighted by Gasteiger charge is 2.18. The van der Waals surface area contributed by atoms with E-state index in [-0.39, 0.29) is 12.4 Å². The van der Waals surface area contributed by atoms with E-state index in [9.17, 15) is 9.59 Å². The minimum absolute atomic E-state index is 0.179. The number of hydrogen-bond donors (Lipinski definition) is 0. The van der Waals surface area contributed by atoms with Crippen LogP contribution < -0.4 is 0 Å². The molecule has 1 atom stereocenters. The van der Waals surface area contributed by atoms with Crippen molar-refractivity contribution < 1.29 is 14.3 Å². The van der Waals surface area contributed by atoms with Crippen LogP contribution in [-0.2, 0) is 33.8 Å². The second-order valence-electron chi connectivity index (χ2n) is 7.32. The van der Waals surface area contributed by atoms with Crippen molar-refractivity contribution in [3.05, 3.63) is 95.6 Å². The molecule has 0 heterocycles. The molecule has 3 aromatic carbocycles. The summed E-state index contributed by atoms with van der Waals surface area (Å²) in [4.78, 5) is 23.0. The third-order valence-electron chi connectivity index (χ3n) is 5.13. The van der Waals surface area contributed by atoms with Gasteiger partial charge >= 0.3 is 5.97 Å². The maximum Gasteiger partial charge on any atom is 0.316 e. The van der Waals surface area contributed by atoms with E-state index < -0.39 is 11.9 Å². The molecule has 0 saturated carbocycles. The molecular formula is C26H26O3. The molecule has 0 aliphatic rings. The fourth-order valence-electron chi connectivity index (χ4n) is 3.03. The highest BCUT2D eigenvalue weighted by molar-refractivity contribution is 5.97. The topological polar surface area (TPSA) is 43.4 Å². The average molecular weight is 386 g/mol. The molecular weight excluding hydrogens is 360 g/mol. The number of ketones is 1. The van der Waals surface area contributed by atoms with Gasteiger partial charge in [-0.2, -0.15) is 0 Å². The SMILES string of the molecule is CC(=O)C(C)C(=O)OCc1ccc(CCc2ccc(-c3ccccc3)cc2)cc1. The Morgan fingerprint density at radius 2 is 1.21 bits per heavy atom. The zero-order chi connectivity index (χ0) is 20.6. The third-order valence-corrected chi connectivity index (χ3v) is 5.13. The van der Waals surface area contributed by atoms with Crippen molar-refractivity contribution >= 4 is 11.8 Å². The molecule has 0 aliphatic heterocycles. The Labute approximate surface area is 172 Å². The molecule has 3 rings (SSSR count). The van der Waals surface area contributed by atoms with Crippen LogP contribution in [0.3, 0.4) is 0 Å². The van der Waals surface area contributed by atoms with Crippen molar-refractivity contribution in [1.82, 2.24) is 0 Å². The van der Waals surface area contributed by atoms with Gasteiger partial charge in [0.25, 0.3) is 0 Å². The minimum atomic E-state index is -0.706. The number of ether oxygens (including phenoxy) is 1. The van der Waals surface area contributed by atoms with Crippen LogP contribution in [0.1, 0.15) is 30.5 Å². The summed E-state index contributed by atoms with van der Waals surface area (Å²) in [6.45, 7) is 3.16. The first-order valence-corrected chi connectivity index (χ1v) is 9.92. The Kier molecular flexibility index (Phi) is 6.96. The lowest BCUT2D eigenvalue weighted by Gasteiger charge is -2.09. The van der Waals surface area contributed by atoms with Crippen molar-refractivity contribution in [3.63, 3.8) is 0 Å². The maximum absolute atomic E-state index is 11.8. The highest BCUT2D eigenvalue weighted by atomic mass is 16.5. The van der Waals surface area contributed by atoms with Gasteiger partial charge in [-0.15, -0.1) is 0 Å². The van der Waals surface area contributed by atoms with Crippen LogP contribution >= 0.6 is 0 Å². The molecule has 3 heteroatoms. The van der Waals surface area contributed by atoms with Crippen molar-refractivity contribution in [3.8, 4) is 11.1 Å². The summed E-state index contributed by atoms with van der Waals surface area (Å²) in [6.07, 6.45) is 1.92. The van der Waals surface area contributed by atoms with Gasteiger partial charge in [0.1, 0.15) is 18.3 Å². The minimum Gasteiger partial charge on any atom is -0.460 e. The summed E-state index contributed by atoms with van der Waals surface area (Å²) in [5.74, 6) is -1.36. The summed E-state index contributed by atoms with van der Waals surface area (Å²) < 4.78 is 5.21. The Morgan fingerprint density at radius 1 is 0.724 bits per heavy atom. The summed E-state index contributed by atoms with van der Waals surface area (Å²) in [5, 5.41) is 0. The highest BCUT2D eigenvalue weighted by Crippen LogP contribution is 2.20. The zero-order valence-corrected chi connectivity index (χ0v) is 16.9. The monoisotopic (exact) mass is 386 g/mol. The van der Waals surface area contributed by atoms with E-state index in [1.807, 2.05) is 18.2 Å². The molecule has 148 valence electrons. The molecule has 3 aromatic rings. The normalized spacial score (nSPS) is 11.7. The van der Waals surface area contributed by atoms with Crippen LogP contribution in [0.2, 0.25) is 0 Å². The summed E-state index contributed by atoms with van der Waals surface area (Å²) in [6, 6.07) is 27.2. The van der Waals surface area contributed by atoms with Crippen molar-refractivity contribution in [2.75, 3.05) is 0 Å². The average Bonchev–Trinajstić information content (AvgIpc) is 2.77. The molecule has 0 spiro atoms. The van der Waals surface area contributed by atoms with Gasteiger partial charge in [-0.25, -0.2) is 0 Å². The second-order valence-corrected chi connectivity index (χ2v) is 7.32. The van der Waals surface area contributed by atoms with Crippen LogP contribution in [0.15, 0.2) is 78.9 Å². The molecule has 3 nitrogen and oxygen atoms in total. The number of carbonyl (C=O) groups excluding carboxylic acids is 2. The smallest absolute Gasteiger partial charge is 0.316 e. The fraction of sp³-hybridized carbons (Fsp3) is 0.231. The van der Waals surface area contributed by atoms with Crippen LogP contribution in [0.25, 0.3) is 11.1 Å². The first-order chi connectivity index (χ1) is 14.0. The molecule has 0 aliphatic carbocycles. The van der Waals surface area contributed by atoms with E-state index >= 15 is 0 Å². The van der Waals surface area contributed by atoms with E-state index in [0.29, 0.717) is 0 Å². The predicted octanol–water partition coefficient (Wildman–Crippen LogP) is 5.41. The van der Waals surface area contributed by atoms with Crippen LogP contribution in [0.5, 0.6) is 0 Å². The lowest BCUT2D eigenvalue weighted by atomic mass is 10.00.